The summed E-state index contributed by atoms with van der Waals surface area (Å²) in [6, 6.07) is 12.2. The van der Waals surface area contributed by atoms with Gasteiger partial charge in [0.1, 0.15) is 0 Å². The van der Waals surface area contributed by atoms with Crippen LogP contribution in [0.25, 0.3) is 16.7 Å². The first-order valence-corrected chi connectivity index (χ1v) is 25.6. The van der Waals surface area contributed by atoms with E-state index >= 15 is 0 Å². The van der Waals surface area contributed by atoms with Crippen molar-refractivity contribution in [2.45, 2.75) is 224 Å². The van der Waals surface area contributed by atoms with Crippen LogP contribution >= 0.6 is 0 Å². The first kappa shape index (κ1) is 53.0. The SMILES string of the molecule is CCCCCCCCC1(CCCCCCCC)C/C=C(C(C)(C)C)\C=C/Cc2ccc(/C(C)=C/C=C(\CCC)c3ccc(/C(=C/C=C(\C)C(C)(C)C)C(C)CC)c(C)c3N)cc21. The van der Waals surface area contributed by atoms with Crippen molar-refractivity contribution >= 4 is 22.4 Å². The van der Waals surface area contributed by atoms with Crippen LogP contribution in [0.4, 0.5) is 5.69 Å². The molecule has 2 N–H and O–H groups in total. The average molecular weight is 842 g/mol. The highest BCUT2D eigenvalue weighted by Gasteiger charge is 2.34. The molecule has 1 aliphatic rings. The first-order valence-electron chi connectivity index (χ1n) is 25.6. The van der Waals surface area contributed by atoms with E-state index < -0.39 is 0 Å². The van der Waals surface area contributed by atoms with Gasteiger partial charge in [0.2, 0.25) is 0 Å². The minimum absolute atomic E-state index is 0.129. The Hall–Kier alpha value is -3.32. The third kappa shape index (κ3) is 15.7. The molecule has 0 spiro atoms. The van der Waals surface area contributed by atoms with Gasteiger partial charge < -0.3 is 5.73 Å². The van der Waals surface area contributed by atoms with E-state index in [-0.39, 0.29) is 16.2 Å². The van der Waals surface area contributed by atoms with Crippen molar-refractivity contribution < 1.29 is 0 Å². The fourth-order valence-electron chi connectivity index (χ4n) is 9.36. The Morgan fingerprint density at radius 3 is 1.89 bits per heavy atom. The van der Waals surface area contributed by atoms with Crippen LogP contribution in [-0.2, 0) is 11.8 Å². The molecule has 0 bridgehead atoms. The average Bonchev–Trinajstić information content (AvgIpc) is 3.30. The molecule has 1 aliphatic carbocycles. The van der Waals surface area contributed by atoms with Crippen LogP contribution in [0, 0.1) is 23.7 Å². The number of nitrogen functional groups attached to an aromatic ring is 1. The maximum absolute atomic E-state index is 7.15. The van der Waals surface area contributed by atoms with Crippen molar-refractivity contribution in [3.8, 4) is 0 Å². The zero-order valence-electron chi connectivity index (χ0n) is 43.0. The molecule has 0 saturated heterocycles. The molecule has 2 aromatic carbocycles. The van der Waals surface area contributed by atoms with Gasteiger partial charge in [-0.1, -0.05) is 238 Å². The van der Waals surface area contributed by atoms with Crippen molar-refractivity contribution in [1.29, 1.82) is 0 Å². The molecule has 3 rings (SSSR count). The molecule has 0 amide bonds. The van der Waals surface area contributed by atoms with E-state index in [1.54, 1.807) is 5.56 Å². The van der Waals surface area contributed by atoms with Gasteiger partial charge in [0, 0.05) is 11.3 Å². The van der Waals surface area contributed by atoms with E-state index in [9.17, 15) is 0 Å². The molecule has 0 aliphatic heterocycles. The zero-order valence-corrected chi connectivity index (χ0v) is 43.0. The van der Waals surface area contributed by atoms with Crippen molar-refractivity contribution in [3.63, 3.8) is 0 Å². The third-order valence-corrected chi connectivity index (χ3v) is 14.4. The molecule has 62 heavy (non-hydrogen) atoms. The number of fused-ring (bicyclic) bond motifs is 1. The highest BCUT2D eigenvalue weighted by molar-refractivity contribution is 5.84. The van der Waals surface area contributed by atoms with E-state index in [0.717, 1.165) is 37.8 Å². The molecule has 1 atom stereocenters. The maximum Gasteiger partial charge on any atom is 0.0426 e. The van der Waals surface area contributed by atoms with Crippen molar-refractivity contribution in [3.05, 3.63) is 117 Å². The molecule has 0 radical (unpaired) electrons. The second kappa shape index (κ2) is 25.8. The quantitative estimate of drug-likeness (QED) is 0.0673. The second-order valence-corrected chi connectivity index (χ2v) is 21.4. The van der Waals surface area contributed by atoms with E-state index in [1.807, 2.05) is 0 Å². The lowest BCUT2D eigenvalue weighted by atomic mass is 9.67. The van der Waals surface area contributed by atoms with E-state index in [4.69, 9.17) is 5.73 Å². The maximum atomic E-state index is 7.15. The standard InChI is InChI=1S/C61H95N/c1-15-19-21-23-25-27-42-61(43-28-26-24-22-20-16-2)44-41-53(60(12,13)14)32-29-31-51-36-37-52(45-57(51)61)47(6)33-35-50(30-17-3)56-40-39-55(49(8)58(56)62)54(46(5)18-4)38-34-48(7)59(9,10)11/h29,32-41,45-46H,15-28,30-31,42-44,62H2,1-14H3/b32-29-,47-33+,48-34+,50-35+,53-41+,54-38+. The lowest BCUT2D eigenvalue weighted by Crippen LogP contribution is -2.28. The summed E-state index contributed by atoms with van der Waals surface area (Å²) >= 11 is 0. The van der Waals surface area contributed by atoms with Crippen LogP contribution in [-0.4, -0.2) is 0 Å². The normalized spacial score (nSPS) is 17.5. The number of unbranched alkanes of at least 4 members (excludes halogenated alkanes) is 10. The molecule has 0 fully saturated rings. The molecule has 344 valence electrons. The van der Waals surface area contributed by atoms with Gasteiger partial charge >= 0.3 is 0 Å². The third-order valence-electron chi connectivity index (χ3n) is 14.4. The van der Waals surface area contributed by atoms with Crippen LogP contribution in [0.3, 0.4) is 0 Å². The number of allylic oxidation sites excluding steroid dienone is 12. The summed E-state index contributed by atoms with van der Waals surface area (Å²) < 4.78 is 0. The Kier molecular flexibility index (Phi) is 22.1. The summed E-state index contributed by atoms with van der Waals surface area (Å²) in [5.74, 6) is 0.441. The van der Waals surface area contributed by atoms with Gasteiger partial charge in [-0.25, -0.2) is 0 Å². The zero-order chi connectivity index (χ0) is 45.9. The Morgan fingerprint density at radius 1 is 0.726 bits per heavy atom. The number of hydrogen-bond acceptors (Lipinski definition) is 1. The molecule has 1 heteroatoms. The van der Waals surface area contributed by atoms with Crippen LogP contribution in [0.15, 0.2) is 84.0 Å². The predicted octanol–water partition coefficient (Wildman–Crippen LogP) is 19.5. The fourth-order valence-corrected chi connectivity index (χ4v) is 9.36. The summed E-state index contributed by atoms with van der Waals surface area (Å²) in [5.41, 5.74) is 23.6. The summed E-state index contributed by atoms with van der Waals surface area (Å²) in [7, 11) is 0. The lowest BCUT2D eigenvalue weighted by Gasteiger charge is -2.37. The van der Waals surface area contributed by atoms with Crippen LogP contribution in [0.2, 0.25) is 0 Å². The second-order valence-electron chi connectivity index (χ2n) is 21.4. The van der Waals surface area contributed by atoms with Crippen molar-refractivity contribution in [2.75, 3.05) is 5.73 Å². The monoisotopic (exact) mass is 842 g/mol. The van der Waals surface area contributed by atoms with Gasteiger partial charge in [0.05, 0.1) is 0 Å². The molecule has 2 aromatic rings. The van der Waals surface area contributed by atoms with Gasteiger partial charge in [-0.05, 0) is 132 Å². The summed E-state index contributed by atoms with van der Waals surface area (Å²) in [6.07, 6.45) is 41.0. The van der Waals surface area contributed by atoms with Crippen LogP contribution in [0.1, 0.15) is 239 Å². The highest BCUT2D eigenvalue weighted by Crippen LogP contribution is 2.45. The lowest BCUT2D eigenvalue weighted by molar-refractivity contribution is 0.331. The highest BCUT2D eigenvalue weighted by atomic mass is 14.6. The molecule has 0 saturated carbocycles. The number of rotatable bonds is 23. The minimum Gasteiger partial charge on any atom is -0.398 e. The minimum atomic E-state index is 0.129. The van der Waals surface area contributed by atoms with Crippen LogP contribution < -0.4 is 5.73 Å². The molecule has 0 heterocycles. The molecular weight excluding hydrogens is 747 g/mol. The first-order chi connectivity index (χ1) is 29.4. The summed E-state index contributed by atoms with van der Waals surface area (Å²) in [6.45, 7) is 32.4. The van der Waals surface area contributed by atoms with Gasteiger partial charge in [0.25, 0.3) is 0 Å². The largest absolute Gasteiger partial charge is 0.398 e. The Labute approximate surface area is 385 Å². The van der Waals surface area contributed by atoms with Gasteiger partial charge in [-0.15, -0.1) is 0 Å². The number of hydrogen-bond donors (Lipinski definition) is 1. The summed E-state index contributed by atoms with van der Waals surface area (Å²) in [5, 5.41) is 0. The van der Waals surface area contributed by atoms with Crippen molar-refractivity contribution in [2.24, 2.45) is 16.7 Å². The Morgan fingerprint density at radius 2 is 1.32 bits per heavy atom. The number of benzene rings is 2. The molecular formula is C61H95N. The summed E-state index contributed by atoms with van der Waals surface area (Å²) in [4.78, 5) is 0. The van der Waals surface area contributed by atoms with Crippen LogP contribution in [0.5, 0.6) is 0 Å². The molecule has 0 aromatic heterocycles. The van der Waals surface area contributed by atoms with E-state index in [2.05, 4.69) is 170 Å². The number of anilines is 1. The molecule has 1 nitrogen and oxygen atoms in total. The van der Waals surface area contributed by atoms with E-state index in [0.29, 0.717) is 5.92 Å². The van der Waals surface area contributed by atoms with Gasteiger partial charge in [-0.3, -0.25) is 0 Å². The van der Waals surface area contributed by atoms with Crippen molar-refractivity contribution in [1.82, 2.24) is 0 Å². The van der Waals surface area contributed by atoms with Gasteiger partial charge in [-0.2, -0.15) is 0 Å². The fraction of sp³-hybridized carbons (Fsp3) is 0.607. The predicted molar refractivity (Wildman–Crippen MR) is 282 cm³/mol. The topological polar surface area (TPSA) is 26.0 Å². The van der Waals surface area contributed by atoms with Gasteiger partial charge in [0.15, 0.2) is 0 Å². The Bertz CT molecular complexity index is 1850. The van der Waals surface area contributed by atoms with E-state index in [1.165, 1.54) is 146 Å². The molecule has 1 unspecified atom stereocenters. The number of nitrogens with two attached hydrogens (primary N) is 1. The smallest absolute Gasteiger partial charge is 0.0426 e. The Balaban J connectivity index is 2.15.